The molecule has 0 fully saturated rings. The van der Waals surface area contributed by atoms with E-state index in [0.29, 0.717) is 27.3 Å². The number of esters is 1. The third-order valence-corrected chi connectivity index (χ3v) is 5.09. The number of carbonyl (C=O) groups is 1. The molecule has 7 heteroatoms. The van der Waals surface area contributed by atoms with Crippen LogP contribution in [0.1, 0.15) is 15.9 Å². The van der Waals surface area contributed by atoms with Crippen molar-refractivity contribution in [3.05, 3.63) is 64.8 Å². The molecule has 0 bridgehead atoms. The van der Waals surface area contributed by atoms with E-state index in [1.165, 1.54) is 0 Å². The van der Waals surface area contributed by atoms with Crippen LogP contribution in [-0.4, -0.2) is 28.5 Å². The van der Waals surface area contributed by atoms with Gasteiger partial charge in [0.05, 0.1) is 18.2 Å². The molecule has 1 atom stereocenters. The van der Waals surface area contributed by atoms with Gasteiger partial charge in [-0.25, -0.2) is 9.78 Å². The van der Waals surface area contributed by atoms with Gasteiger partial charge in [-0.2, -0.15) is 0 Å². The van der Waals surface area contributed by atoms with E-state index in [4.69, 9.17) is 21.1 Å². The summed E-state index contributed by atoms with van der Waals surface area (Å²) in [5.74, 6) is 0.209. The van der Waals surface area contributed by atoms with Crippen molar-refractivity contribution < 1.29 is 18.5 Å². The maximum atomic E-state index is 12.2. The van der Waals surface area contributed by atoms with E-state index in [1.54, 1.807) is 43.7 Å². The van der Waals surface area contributed by atoms with Crippen LogP contribution in [0.4, 0.5) is 0 Å². The molecule has 0 N–H and O–H groups in total. The van der Waals surface area contributed by atoms with Crippen molar-refractivity contribution in [3.8, 4) is 5.75 Å². The second-order valence-electron chi connectivity index (χ2n) is 5.55. The van der Waals surface area contributed by atoms with E-state index in [1.807, 2.05) is 18.2 Å². The number of nitrogens with zero attached hydrogens (tertiary/aromatic N) is 1. The lowest BCUT2D eigenvalue weighted by molar-refractivity contribution is 0.0472. The minimum absolute atomic E-state index is 0.00803. The zero-order valence-electron chi connectivity index (χ0n) is 14.2. The molecular formula is C19H16ClNO4S. The number of aromatic nitrogens is 1. The normalized spacial score (nSPS) is 12.0. The van der Waals surface area contributed by atoms with Gasteiger partial charge in [0.25, 0.3) is 0 Å². The van der Waals surface area contributed by atoms with Crippen molar-refractivity contribution in [2.45, 2.75) is 11.5 Å². The predicted molar refractivity (Wildman–Crippen MR) is 101 cm³/mol. The quantitative estimate of drug-likeness (QED) is 0.487. The first-order chi connectivity index (χ1) is 12.5. The number of carbonyl (C=O) groups excluding carboxylic acids is 1. The van der Waals surface area contributed by atoms with Gasteiger partial charge in [0, 0.05) is 39.0 Å². The summed E-state index contributed by atoms with van der Waals surface area (Å²) in [4.78, 5) is 17.2. The molecule has 5 nitrogen and oxygen atoms in total. The minimum Gasteiger partial charge on any atom is -0.497 e. The first-order valence-electron chi connectivity index (χ1n) is 7.71. The number of hydrogen-bond acceptors (Lipinski definition) is 5. The topological polar surface area (TPSA) is 65.5 Å². The summed E-state index contributed by atoms with van der Waals surface area (Å²) in [6.45, 7) is 0.00803. The van der Waals surface area contributed by atoms with Crippen LogP contribution < -0.4 is 4.74 Å². The standard InChI is InChI=1S/C19H16ClNO4S/c1-24-15-6-3-13-9-14(18(20)21-17(13)10-15)11-25-19(22)12-4-7-16(8-5-12)26(2)23/h3-10H,11H2,1-2H3/t26-/m0/s1. The summed E-state index contributed by atoms with van der Waals surface area (Å²) >= 11 is 6.21. The average Bonchev–Trinajstić information content (AvgIpc) is 2.65. The van der Waals surface area contributed by atoms with E-state index in [2.05, 4.69) is 4.98 Å². The van der Waals surface area contributed by atoms with Gasteiger partial charge in [0.15, 0.2) is 0 Å². The Morgan fingerprint density at radius 3 is 2.54 bits per heavy atom. The van der Waals surface area contributed by atoms with Crippen molar-refractivity contribution in [3.63, 3.8) is 0 Å². The lowest BCUT2D eigenvalue weighted by Gasteiger charge is -2.09. The number of pyridine rings is 1. The third kappa shape index (κ3) is 4.03. The fraction of sp³-hybridized carbons (Fsp3) is 0.158. The second-order valence-corrected chi connectivity index (χ2v) is 7.29. The number of ether oxygens (including phenoxy) is 2. The number of methoxy groups -OCH3 is 1. The number of hydrogen-bond donors (Lipinski definition) is 0. The molecule has 3 aromatic rings. The van der Waals surface area contributed by atoms with E-state index in [-0.39, 0.29) is 11.8 Å². The highest BCUT2D eigenvalue weighted by Gasteiger charge is 2.11. The number of fused-ring (bicyclic) bond motifs is 1. The van der Waals surface area contributed by atoms with Crippen LogP contribution in [0.2, 0.25) is 5.15 Å². The van der Waals surface area contributed by atoms with Crippen LogP contribution >= 0.6 is 11.6 Å². The molecule has 0 aliphatic carbocycles. The first kappa shape index (κ1) is 18.4. The zero-order chi connectivity index (χ0) is 18.7. The summed E-state index contributed by atoms with van der Waals surface area (Å²) in [5.41, 5.74) is 1.70. The molecule has 0 saturated heterocycles. The molecule has 0 unspecified atom stereocenters. The lowest BCUT2D eigenvalue weighted by atomic mass is 10.1. The SMILES string of the molecule is COc1ccc2cc(COC(=O)c3ccc([S@](C)=O)cc3)c(Cl)nc2c1. The van der Waals surface area contributed by atoms with Gasteiger partial charge in [-0.15, -0.1) is 0 Å². The number of benzene rings is 2. The van der Waals surface area contributed by atoms with Crippen molar-refractivity contribution in [2.75, 3.05) is 13.4 Å². The highest BCUT2D eigenvalue weighted by Crippen LogP contribution is 2.25. The molecule has 1 heterocycles. The summed E-state index contributed by atoms with van der Waals surface area (Å²) in [7, 11) is 0.495. The minimum atomic E-state index is -1.09. The Kier molecular flexibility index (Phi) is 5.54. The van der Waals surface area contributed by atoms with Crippen LogP contribution in [0.5, 0.6) is 5.75 Å². The summed E-state index contributed by atoms with van der Waals surface area (Å²) in [6, 6.07) is 13.8. The van der Waals surface area contributed by atoms with Gasteiger partial charge in [-0.05, 0) is 42.5 Å². The molecule has 0 spiro atoms. The van der Waals surface area contributed by atoms with Crippen LogP contribution in [0.15, 0.2) is 53.4 Å². The summed E-state index contributed by atoms with van der Waals surface area (Å²) < 4.78 is 21.9. The second kappa shape index (κ2) is 7.85. The van der Waals surface area contributed by atoms with Crippen LogP contribution in [-0.2, 0) is 22.1 Å². The Labute approximate surface area is 158 Å². The maximum Gasteiger partial charge on any atom is 0.338 e. The fourth-order valence-electron chi connectivity index (χ4n) is 2.40. The van der Waals surface area contributed by atoms with Gasteiger partial charge in [0.2, 0.25) is 0 Å². The molecule has 0 amide bonds. The molecule has 1 aromatic heterocycles. The third-order valence-electron chi connectivity index (χ3n) is 3.83. The van der Waals surface area contributed by atoms with Crippen LogP contribution in [0, 0.1) is 0 Å². The maximum absolute atomic E-state index is 12.2. The molecule has 0 saturated carbocycles. The summed E-state index contributed by atoms with van der Waals surface area (Å²) in [5, 5.41) is 1.14. The molecule has 0 aliphatic rings. The average molecular weight is 390 g/mol. The van der Waals surface area contributed by atoms with Crippen LogP contribution in [0.3, 0.4) is 0 Å². The lowest BCUT2D eigenvalue weighted by Crippen LogP contribution is -2.06. The van der Waals surface area contributed by atoms with Gasteiger partial charge in [-0.3, -0.25) is 4.21 Å². The molecule has 2 aromatic carbocycles. The Hall–Kier alpha value is -2.44. The molecular weight excluding hydrogens is 374 g/mol. The Bertz CT molecular complexity index is 989. The van der Waals surface area contributed by atoms with Crippen molar-refractivity contribution in [2.24, 2.45) is 0 Å². The highest BCUT2D eigenvalue weighted by atomic mass is 35.5. The summed E-state index contributed by atoms with van der Waals surface area (Å²) in [6.07, 6.45) is 1.58. The highest BCUT2D eigenvalue weighted by molar-refractivity contribution is 7.84. The zero-order valence-corrected chi connectivity index (χ0v) is 15.8. The van der Waals surface area contributed by atoms with Gasteiger partial charge in [-0.1, -0.05) is 11.6 Å². The number of halogens is 1. The predicted octanol–water partition coefficient (Wildman–Crippen LogP) is 3.99. The molecule has 26 heavy (non-hydrogen) atoms. The Morgan fingerprint density at radius 1 is 1.15 bits per heavy atom. The van der Waals surface area contributed by atoms with Gasteiger partial charge >= 0.3 is 5.97 Å². The first-order valence-corrected chi connectivity index (χ1v) is 9.65. The van der Waals surface area contributed by atoms with Crippen molar-refractivity contribution >= 4 is 39.3 Å². The Balaban J connectivity index is 1.75. The molecule has 3 rings (SSSR count). The van der Waals surface area contributed by atoms with E-state index >= 15 is 0 Å². The van der Waals surface area contributed by atoms with Gasteiger partial charge < -0.3 is 9.47 Å². The molecule has 134 valence electrons. The Morgan fingerprint density at radius 2 is 1.88 bits per heavy atom. The molecule has 0 radical (unpaired) electrons. The van der Waals surface area contributed by atoms with Gasteiger partial charge in [0.1, 0.15) is 17.5 Å². The van der Waals surface area contributed by atoms with E-state index < -0.39 is 16.8 Å². The van der Waals surface area contributed by atoms with Crippen LogP contribution in [0.25, 0.3) is 10.9 Å². The smallest absolute Gasteiger partial charge is 0.338 e. The van der Waals surface area contributed by atoms with E-state index in [9.17, 15) is 9.00 Å². The van der Waals surface area contributed by atoms with Crippen molar-refractivity contribution in [1.82, 2.24) is 4.98 Å². The molecule has 0 aliphatic heterocycles. The number of rotatable bonds is 5. The fourth-order valence-corrected chi connectivity index (χ4v) is 3.12. The monoisotopic (exact) mass is 389 g/mol. The van der Waals surface area contributed by atoms with Crippen molar-refractivity contribution in [1.29, 1.82) is 0 Å². The van der Waals surface area contributed by atoms with E-state index in [0.717, 1.165) is 5.39 Å². The largest absolute Gasteiger partial charge is 0.497 e.